The van der Waals surface area contributed by atoms with Crippen molar-refractivity contribution in [1.82, 2.24) is 9.88 Å². The quantitative estimate of drug-likeness (QED) is 0.798. The van der Waals surface area contributed by atoms with E-state index in [0.717, 1.165) is 19.5 Å². The number of aromatic nitrogens is 1. The van der Waals surface area contributed by atoms with Gasteiger partial charge in [-0.3, -0.25) is 9.88 Å². The fourth-order valence-electron chi connectivity index (χ4n) is 2.71. The van der Waals surface area contributed by atoms with Gasteiger partial charge in [0, 0.05) is 37.4 Å². The Morgan fingerprint density at radius 3 is 2.83 bits per heavy atom. The molecule has 3 rings (SSSR count). The van der Waals surface area contributed by atoms with Crippen LogP contribution in [0.25, 0.3) is 0 Å². The van der Waals surface area contributed by atoms with Crippen molar-refractivity contribution in [2.24, 2.45) is 0 Å². The minimum Gasteiger partial charge on any atom is -0.292 e. The van der Waals surface area contributed by atoms with Crippen molar-refractivity contribution in [3.8, 4) is 0 Å². The highest BCUT2D eigenvalue weighted by Gasteiger charge is 2.23. The fourth-order valence-corrected chi connectivity index (χ4v) is 2.71. The number of nitrogens with zero attached hydrogens (tertiary/aromatic N) is 2. The van der Waals surface area contributed by atoms with E-state index in [0.29, 0.717) is 6.04 Å². The first-order valence-electron chi connectivity index (χ1n) is 6.56. The van der Waals surface area contributed by atoms with Crippen LogP contribution >= 0.6 is 0 Å². The van der Waals surface area contributed by atoms with Crippen LogP contribution in [0, 0.1) is 0 Å². The highest BCUT2D eigenvalue weighted by atomic mass is 15.2. The van der Waals surface area contributed by atoms with E-state index < -0.39 is 0 Å². The first-order valence-corrected chi connectivity index (χ1v) is 6.56. The van der Waals surface area contributed by atoms with Gasteiger partial charge in [-0.1, -0.05) is 36.4 Å². The van der Waals surface area contributed by atoms with E-state index in [1.165, 1.54) is 16.8 Å². The molecule has 1 atom stereocenters. The molecule has 0 fully saturated rings. The Balaban J connectivity index is 1.81. The second kappa shape index (κ2) is 4.91. The Morgan fingerprint density at radius 2 is 2.00 bits per heavy atom. The van der Waals surface area contributed by atoms with Crippen LogP contribution in [0.1, 0.15) is 29.8 Å². The highest BCUT2D eigenvalue weighted by molar-refractivity contribution is 5.26. The van der Waals surface area contributed by atoms with Crippen molar-refractivity contribution in [2.75, 3.05) is 6.54 Å². The van der Waals surface area contributed by atoms with Crippen LogP contribution in [0.3, 0.4) is 0 Å². The molecule has 1 unspecified atom stereocenters. The summed E-state index contributed by atoms with van der Waals surface area (Å²) < 4.78 is 0. The van der Waals surface area contributed by atoms with Crippen LogP contribution in [-0.4, -0.2) is 16.4 Å². The van der Waals surface area contributed by atoms with Gasteiger partial charge in [0.15, 0.2) is 0 Å². The van der Waals surface area contributed by atoms with Crippen LogP contribution in [0.5, 0.6) is 0 Å². The molecule has 92 valence electrons. The normalized spacial score (nSPS) is 19.5. The van der Waals surface area contributed by atoms with E-state index in [1.807, 2.05) is 12.3 Å². The molecule has 0 saturated heterocycles. The molecular weight excluding hydrogens is 220 g/mol. The molecule has 0 spiro atoms. The Labute approximate surface area is 108 Å². The molecule has 2 heterocycles. The van der Waals surface area contributed by atoms with Crippen LogP contribution in [0.4, 0.5) is 0 Å². The minimum atomic E-state index is 0.461. The lowest BCUT2D eigenvalue weighted by Gasteiger charge is -2.34. The van der Waals surface area contributed by atoms with Gasteiger partial charge in [-0.2, -0.15) is 0 Å². The number of fused-ring (bicyclic) bond motifs is 1. The average molecular weight is 238 g/mol. The number of pyridine rings is 1. The maximum Gasteiger partial charge on any atom is 0.0464 e. The Morgan fingerprint density at radius 1 is 1.17 bits per heavy atom. The third-order valence-electron chi connectivity index (χ3n) is 3.79. The number of hydrogen-bond donors (Lipinski definition) is 0. The van der Waals surface area contributed by atoms with Crippen molar-refractivity contribution >= 4 is 0 Å². The van der Waals surface area contributed by atoms with Crippen molar-refractivity contribution in [3.05, 3.63) is 65.5 Å². The molecule has 0 bridgehead atoms. The summed E-state index contributed by atoms with van der Waals surface area (Å²) in [6.07, 6.45) is 2.96. The zero-order valence-electron chi connectivity index (χ0n) is 10.7. The van der Waals surface area contributed by atoms with E-state index >= 15 is 0 Å². The highest BCUT2D eigenvalue weighted by Crippen LogP contribution is 2.28. The topological polar surface area (TPSA) is 16.1 Å². The van der Waals surface area contributed by atoms with E-state index in [2.05, 4.69) is 53.2 Å². The number of benzene rings is 1. The molecule has 0 radical (unpaired) electrons. The summed E-state index contributed by atoms with van der Waals surface area (Å²) in [4.78, 5) is 7.01. The molecule has 0 saturated carbocycles. The van der Waals surface area contributed by atoms with E-state index in [-0.39, 0.29) is 0 Å². The van der Waals surface area contributed by atoms with E-state index in [4.69, 9.17) is 0 Å². The number of rotatable bonds is 2. The maximum atomic E-state index is 4.48. The van der Waals surface area contributed by atoms with Gasteiger partial charge in [-0.05, 0) is 24.1 Å². The van der Waals surface area contributed by atoms with Crippen molar-refractivity contribution in [2.45, 2.75) is 25.9 Å². The molecule has 18 heavy (non-hydrogen) atoms. The number of hydrogen-bond acceptors (Lipinski definition) is 2. The fraction of sp³-hybridized carbons (Fsp3) is 0.312. The molecule has 1 aliphatic heterocycles. The van der Waals surface area contributed by atoms with Crippen LogP contribution in [0.2, 0.25) is 0 Å². The summed E-state index contributed by atoms with van der Waals surface area (Å²) >= 11 is 0. The SMILES string of the molecule is CC1c2cccnc2CCN1Cc1ccccc1. The Kier molecular flexibility index (Phi) is 3.11. The summed E-state index contributed by atoms with van der Waals surface area (Å²) in [6, 6.07) is 15.4. The second-order valence-corrected chi connectivity index (χ2v) is 4.92. The minimum absolute atomic E-state index is 0.461. The Hall–Kier alpha value is -1.67. The van der Waals surface area contributed by atoms with Crippen LogP contribution in [0.15, 0.2) is 48.7 Å². The molecule has 2 nitrogen and oxygen atoms in total. The molecule has 2 aromatic rings. The molecule has 0 aliphatic carbocycles. The van der Waals surface area contributed by atoms with Gasteiger partial charge in [0.2, 0.25) is 0 Å². The van der Waals surface area contributed by atoms with E-state index in [1.54, 1.807) is 0 Å². The summed E-state index contributed by atoms with van der Waals surface area (Å²) in [5, 5.41) is 0. The largest absolute Gasteiger partial charge is 0.292 e. The molecule has 0 amide bonds. The van der Waals surface area contributed by atoms with Crippen molar-refractivity contribution < 1.29 is 0 Å². The molecule has 1 aromatic carbocycles. The monoisotopic (exact) mass is 238 g/mol. The lowest BCUT2D eigenvalue weighted by molar-refractivity contribution is 0.188. The lowest BCUT2D eigenvalue weighted by Crippen LogP contribution is -2.33. The standard InChI is InChI=1S/C16H18N2/c1-13-15-8-5-10-17-16(15)9-11-18(13)12-14-6-3-2-4-7-14/h2-8,10,13H,9,11-12H2,1H3. The smallest absolute Gasteiger partial charge is 0.0464 e. The zero-order valence-corrected chi connectivity index (χ0v) is 10.7. The molecule has 1 aliphatic rings. The summed E-state index contributed by atoms with van der Waals surface area (Å²) in [5.74, 6) is 0. The van der Waals surface area contributed by atoms with Gasteiger partial charge < -0.3 is 0 Å². The predicted octanol–water partition coefficient (Wildman–Crippen LogP) is 3.20. The van der Waals surface area contributed by atoms with Gasteiger partial charge in [-0.15, -0.1) is 0 Å². The second-order valence-electron chi connectivity index (χ2n) is 4.92. The van der Waals surface area contributed by atoms with Crippen molar-refractivity contribution in [3.63, 3.8) is 0 Å². The lowest BCUT2D eigenvalue weighted by atomic mass is 9.97. The van der Waals surface area contributed by atoms with Gasteiger partial charge in [0.25, 0.3) is 0 Å². The van der Waals surface area contributed by atoms with Crippen molar-refractivity contribution in [1.29, 1.82) is 0 Å². The van der Waals surface area contributed by atoms with Gasteiger partial charge >= 0.3 is 0 Å². The molecular formula is C16H18N2. The predicted molar refractivity (Wildman–Crippen MR) is 73.2 cm³/mol. The average Bonchev–Trinajstić information content (AvgIpc) is 2.43. The summed E-state index contributed by atoms with van der Waals surface area (Å²) in [6.45, 7) is 4.40. The first-order chi connectivity index (χ1) is 8.84. The summed E-state index contributed by atoms with van der Waals surface area (Å²) in [7, 11) is 0. The summed E-state index contributed by atoms with van der Waals surface area (Å²) in [5.41, 5.74) is 4.05. The zero-order chi connectivity index (χ0) is 12.4. The maximum absolute atomic E-state index is 4.48. The third kappa shape index (κ3) is 2.16. The molecule has 1 aromatic heterocycles. The van der Waals surface area contributed by atoms with Gasteiger partial charge in [-0.25, -0.2) is 0 Å². The van der Waals surface area contributed by atoms with Gasteiger partial charge in [0.05, 0.1) is 0 Å². The third-order valence-corrected chi connectivity index (χ3v) is 3.79. The first kappa shape index (κ1) is 11.4. The van der Waals surface area contributed by atoms with Gasteiger partial charge in [0.1, 0.15) is 0 Å². The Bertz CT molecular complexity index is 522. The van der Waals surface area contributed by atoms with Crippen LogP contribution in [-0.2, 0) is 13.0 Å². The molecule has 2 heteroatoms. The van der Waals surface area contributed by atoms with Crippen LogP contribution < -0.4 is 0 Å². The van der Waals surface area contributed by atoms with E-state index in [9.17, 15) is 0 Å². The molecule has 0 N–H and O–H groups in total.